The summed E-state index contributed by atoms with van der Waals surface area (Å²) < 4.78 is 5.30. The Hall–Kier alpha value is -3.35. The van der Waals surface area contributed by atoms with E-state index in [-0.39, 0.29) is 24.3 Å². The Morgan fingerprint density at radius 1 is 1.08 bits per heavy atom. The van der Waals surface area contributed by atoms with Gasteiger partial charge in [-0.2, -0.15) is 0 Å². The SMILES string of the molecule is CC(=O)Nc1cccc(NC(=O)c2ccc3c(c2)OCC(=O)N3)c1. The van der Waals surface area contributed by atoms with Crippen LogP contribution in [0.4, 0.5) is 17.1 Å². The molecule has 0 bridgehead atoms. The molecule has 0 atom stereocenters. The van der Waals surface area contributed by atoms with Crippen molar-refractivity contribution in [2.75, 3.05) is 22.6 Å². The summed E-state index contributed by atoms with van der Waals surface area (Å²) in [6.07, 6.45) is 0. The standard InChI is InChI=1S/C17H15N3O4/c1-10(21)18-12-3-2-4-13(8-12)19-17(23)11-5-6-14-15(7-11)24-9-16(22)20-14/h2-8H,9H2,1H3,(H,18,21)(H,19,23)(H,20,22). The number of hydrogen-bond donors (Lipinski definition) is 3. The predicted octanol–water partition coefficient (Wildman–Crippen LogP) is 2.23. The van der Waals surface area contributed by atoms with Crippen LogP contribution in [-0.4, -0.2) is 24.3 Å². The Morgan fingerprint density at radius 3 is 2.58 bits per heavy atom. The van der Waals surface area contributed by atoms with Crippen LogP contribution in [0.1, 0.15) is 17.3 Å². The average Bonchev–Trinajstić information content (AvgIpc) is 2.54. The first-order valence-corrected chi connectivity index (χ1v) is 7.27. The first-order chi connectivity index (χ1) is 11.5. The van der Waals surface area contributed by atoms with E-state index in [2.05, 4.69) is 16.0 Å². The lowest BCUT2D eigenvalue weighted by atomic mass is 10.1. The van der Waals surface area contributed by atoms with E-state index in [0.717, 1.165) is 0 Å². The van der Waals surface area contributed by atoms with Crippen molar-refractivity contribution in [2.45, 2.75) is 6.92 Å². The van der Waals surface area contributed by atoms with Gasteiger partial charge in [0.2, 0.25) is 5.91 Å². The molecule has 0 fully saturated rings. The topological polar surface area (TPSA) is 96.5 Å². The fourth-order valence-electron chi connectivity index (χ4n) is 2.30. The summed E-state index contributed by atoms with van der Waals surface area (Å²) in [5.74, 6) is -0.283. The van der Waals surface area contributed by atoms with E-state index in [1.807, 2.05) is 0 Å². The second kappa shape index (κ2) is 6.41. The largest absolute Gasteiger partial charge is 0.482 e. The molecule has 0 saturated heterocycles. The molecular formula is C17H15N3O4. The fraction of sp³-hybridized carbons (Fsp3) is 0.118. The molecule has 0 aliphatic carbocycles. The molecule has 1 heterocycles. The zero-order valence-corrected chi connectivity index (χ0v) is 12.9. The van der Waals surface area contributed by atoms with Gasteiger partial charge in [0.25, 0.3) is 11.8 Å². The Kier molecular flexibility index (Phi) is 4.15. The molecule has 0 radical (unpaired) electrons. The second-order valence-electron chi connectivity index (χ2n) is 5.26. The maximum absolute atomic E-state index is 12.4. The quantitative estimate of drug-likeness (QED) is 0.806. The third-order valence-electron chi connectivity index (χ3n) is 3.32. The van der Waals surface area contributed by atoms with Gasteiger partial charge in [0.1, 0.15) is 5.75 Å². The Balaban J connectivity index is 1.75. The normalized spacial score (nSPS) is 12.5. The number of benzene rings is 2. The minimum Gasteiger partial charge on any atom is -0.482 e. The van der Waals surface area contributed by atoms with Gasteiger partial charge in [0.05, 0.1) is 5.69 Å². The Bertz CT molecular complexity index is 832. The molecule has 24 heavy (non-hydrogen) atoms. The van der Waals surface area contributed by atoms with E-state index in [0.29, 0.717) is 28.4 Å². The fourth-order valence-corrected chi connectivity index (χ4v) is 2.30. The summed E-state index contributed by atoms with van der Waals surface area (Å²) in [6.45, 7) is 1.34. The number of carbonyl (C=O) groups is 3. The van der Waals surface area contributed by atoms with Gasteiger partial charge in [0.15, 0.2) is 6.61 Å². The van der Waals surface area contributed by atoms with Crippen LogP contribution < -0.4 is 20.7 Å². The van der Waals surface area contributed by atoms with Crippen LogP contribution in [0.3, 0.4) is 0 Å². The molecule has 0 unspecified atom stereocenters. The highest BCUT2D eigenvalue weighted by Gasteiger charge is 2.18. The molecule has 3 amide bonds. The highest BCUT2D eigenvalue weighted by molar-refractivity contribution is 6.06. The smallest absolute Gasteiger partial charge is 0.262 e. The van der Waals surface area contributed by atoms with Gasteiger partial charge in [-0.25, -0.2) is 0 Å². The van der Waals surface area contributed by atoms with E-state index in [9.17, 15) is 14.4 Å². The lowest BCUT2D eigenvalue weighted by Gasteiger charge is -2.18. The lowest BCUT2D eigenvalue weighted by Crippen LogP contribution is -2.25. The number of hydrogen-bond acceptors (Lipinski definition) is 4. The lowest BCUT2D eigenvalue weighted by molar-refractivity contribution is -0.118. The molecule has 1 aliphatic rings. The van der Waals surface area contributed by atoms with Gasteiger partial charge in [-0.05, 0) is 36.4 Å². The molecule has 3 N–H and O–H groups in total. The summed E-state index contributed by atoms with van der Waals surface area (Å²) in [5, 5.41) is 8.07. The monoisotopic (exact) mass is 325 g/mol. The molecule has 7 nitrogen and oxygen atoms in total. The van der Waals surface area contributed by atoms with Gasteiger partial charge < -0.3 is 20.7 Å². The molecule has 2 aromatic rings. The Morgan fingerprint density at radius 2 is 1.83 bits per heavy atom. The van der Waals surface area contributed by atoms with E-state index in [4.69, 9.17) is 4.74 Å². The van der Waals surface area contributed by atoms with E-state index >= 15 is 0 Å². The van der Waals surface area contributed by atoms with E-state index in [1.54, 1.807) is 42.5 Å². The van der Waals surface area contributed by atoms with Crippen molar-refractivity contribution in [3.05, 3.63) is 48.0 Å². The minimum absolute atomic E-state index is 0.0726. The van der Waals surface area contributed by atoms with Crippen molar-refractivity contribution in [1.82, 2.24) is 0 Å². The zero-order chi connectivity index (χ0) is 17.1. The highest BCUT2D eigenvalue weighted by atomic mass is 16.5. The second-order valence-corrected chi connectivity index (χ2v) is 5.26. The zero-order valence-electron chi connectivity index (χ0n) is 12.9. The van der Waals surface area contributed by atoms with Crippen LogP contribution in [0, 0.1) is 0 Å². The van der Waals surface area contributed by atoms with Crippen LogP contribution in [0.15, 0.2) is 42.5 Å². The van der Waals surface area contributed by atoms with Crippen molar-refractivity contribution >= 4 is 34.8 Å². The molecule has 2 aromatic carbocycles. The molecule has 3 rings (SSSR count). The van der Waals surface area contributed by atoms with Crippen LogP contribution in [0.25, 0.3) is 0 Å². The highest BCUT2D eigenvalue weighted by Crippen LogP contribution is 2.29. The number of anilines is 3. The maximum atomic E-state index is 12.4. The van der Waals surface area contributed by atoms with Gasteiger partial charge in [-0.1, -0.05) is 6.07 Å². The van der Waals surface area contributed by atoms with Gasteiger partial charge in [-0.15, -0.1) is 0 Å². The molecule has 1 aliphatic heterocycles. The summed E-state index contributed by atoms with van der Waals surface area (Å²) in [5.41, 5.74) is 2.08. The number of ether oxygens (including phenoxy) is 1. The van der Waals surface area contributed by atoms with Crippen LogP contribution in [0.2, 0.25) is 0 Å². The number of rotatable bonds is 3. The first-order valence-electron chi connectivity index (χ1n) is 7.27. The van der Waals surface area contributed by atoms with Gasteiger partial charge >= 0.3 is 0 Å². The average molecular weight is 325 g/mol. The Labute approximate surface area is 138 Å². The third kappa shape index (κ3) is 3.52. The summed E-state index contributed by atoms with van der Waals surface area (Å²) >= 11 is 0. The van der Waals surface area contributed by atoms with E-state index in [1.165, 1.54) is 6.92 Å². The number of fused-ring (bicyclic) bond motifs is 1. The number of carbonyl (C=O) groups excluding carboxylic acids is 3. The number of nitrogens with one attached hydrogen (secondary N) is 3. The summed E-state index contributed by atoms with van der Waals surface area (Å²) in [7, 11) is 0. The summed E-state index contributed by atoms with van der Waals surface area (Å²) in [4.78, 5) is 34.7. The van der Waals surface area contributed by atoms with Crippen LogP contribution in [-0.2, 0) is 9.59 Å². The maximum Gasteiger partial charge on any atom is 0.262 e. The number of amides is 3. The summed E-state index contributed by atoms with van der Waals surface area (Å²) in [6, 6.07) is 11.6. The molecule has 0 aromatic heterocycles. The van der Waals surface area contributed by atoms with E-state index < -0.39 is 0 Å². The molecule has 0 spiro atoms. The first kappa shape index (κ1) is 15.5. The molecule has 7 heteroatoms. The predicted molar refractivity (Wildman–Crippen MR) is 89.3 cm³/mol. The van der Waals surface area contributed by atoms with Crippen molar-refractivity contribution in [3.8, 4) is 5.75 Å². The van der Waals surface area contributed by atoms with Crippen molar-refractivity contribution in [3.63, 3.8) is 0 Å². The van der Waals surface area contributed by atoms with Gasteiger partial charge in [0, 0.05) is 23.9 Å². The van der Waals surface area contributed by atoms with Crippen molar-refractivity contribution in [1.29, 1.82) is 0 Å². The third-order valence-corrected chi connectivity index (χ3v) is 3.32. The van der Waals surface area contributed by atoms with Gasteiger partial charge in [-0.3, -0.25) is 14.4 Å². The molecule has 122 valence electrons. The molecular weight excluding hydrogens is 310 g/mol. The van der Waals surface area contributed by atoms with Crippen LogP contribution >= 0.6 is 0 Å². The van der Waals surface area contributed by atoms with Crippen LogP contribution in [0.5, 0.6) is 5.75 Å². The minimum atomic E-state index is -0.321. The van der Waals surface area contributed by atoms with Crippen molar-refractivity contribution < 1.29 is 19.1 Å². The van der Waals surface area contributed by atoms with Crippen molar-refractivity contribution in [2.24, 2.45) is 0 Å². The molecule has 0 saturated carbocycles.